The summed E-state index contributed by atoms with van der Waals surface area (Å²) in [6.07, 6.45) is 2.16. The molecule has 0 spiro atoms. The summed E-state index contributed by atoms with van der Waals surface area (Å²) in [5.41, 5.74) is 0.192. The minimum Gasteiger partial charge on any atom is -0.298 e. The van der Waals surface area contributed by atoms with E-state index >= 15 is 0 Å². The number of halogens is 3. The van der Waals surface area contributed by atoms with Crippen molar-refractivity contribution in [2.75, 3.05) is 0 Å². The SMILES string of the molecule is CC/C(C=O)=C/c1cc(F)c(F)cc1F. The zero-order valence-corrected chi connectivity index (χ0v) is 8.06. The van der Waals surface area contributed by atoms with Gasteiger partial charge in [0.05, 0.1) is 0 Å². The molecule has 4 heteroatoms. The van der Waals surface area contributed by atoms with Crippen molar-refractivity contribution >= 4 is 12.4 Å². The molecule has 1 aromatic rings. The van der Waals surface area contributed by atoms with Gasteiger partial charge >= 0.3 is 0 Å². The largest absolute Gasteiger partial charge is 0.298 e. The number of allylic oxidation sites excluding steroid dienone is 1. The molecule has 1 nitrogen and oxygen atoms in total. The van der Waals surface area contributed by atoms with Gasteiger partial charge in [-0.3, -0.25) is 4.79 Å². The average Bonchev–Trinajstić information content (AvgIpc) is 2.21. The van der Waals surface area contributed by atoms with E-state index in [1.807, 2.05) is 0 Å². The number of carbonyl (C=O) groups excluding carboxylic acids is 1. The lowest BCUT2D eigenvalue weighted by Gasteiger charge is -2.00. The van der Waals surface area contributed by atoms with Gasteiger partial charge in [-0.15, -0.1) is 0 Å². The number of hydrogen-bond donors (Lipinski definition) is 0. The van der Waals surface area contributed by atoms with Crippen LogP contribution in [0.2, 0.25) is 0 Å². The first-order valence-corrected chi connectivity index (χ1v) is 4.38. The molecule has 0 aliphatic heterocycles. The molecule has 0 aliphatic rings. The average molecular weight is 214 g/mol. The van der Waals surface area contributed by atoms with E-state index in [4.69, 9.17) is 0 Å². The topological polar surface area (TPSA) is 17.1 Å². The van der Waals surface area contributed by atoms with E-state index in [1.165, 1.54) is 6.08 Å². The number of carbonyl (C=O) groups is 1. The number of hydrogen-bond acceptors (Lipinski definition) is 1. The number of aldehydes is 1. The predicted molar refractivity (Wildman–Crippen MR) is 50.6 cm³/mol. The van der Waals surface area contributed by atoms with Crippen molar-refractivity contribution in [2.24, 2.45) is 0 Å². The van der Waals surface area contributed by atoms with E-state index in [1.54, 1.807) is 6.92 Å². The molecule has 1 rings (SSSR count). The Kier molecular flexibility index (Phi) is 3.66. The van der Waals surface area contributed by atoms with Gasteiger partial charge in [0.25, 0.3) is 0 Å². The van der Waals surface area contributed by atoms with Crippen LogP contribution in [-0.2, 0) is 4.79 Å². The molecule has 0 radical (unpaired) electrons. The summed E-state index contributed by atoms with van der Waals surface area (Å²) in [6.45, 7) is 1.71. The zero-order chi connectivity index (χ0) is 11.4. The van der Waals surface area contributed by atoms with E-state index in [0.717, 1.165) is 6.07 Å². The van der Waals surface area contributed by atoms with Crippen LogP contribution in [-0.4, -0.2) is 6.29 Å². The van der Waals surface area contributed by atoms with Crippen molar-refractivity contribution in [3.05, 3.63) is 40.7 Å². The van der Waals surface area contributed by atoms with Gasteiger partial charge < -0.3 is 0 Å². The number of rotatable bonds is 3. The molecular weight excluding hydrogens is 205 g/mol. The first kappa shape index (κ1) is 11.5. The van der Waals surface area contributed by atoms with Crippen LogP contribution in [0, 0.1) is 17.5 Å². The van der Waals surface area contributed by atoms with E-state index < -0.39 is 17.5 Å². The van der Waals surface area contributed by atoms with Crippen molar-refractivity contribution in [3.63, 3.8) is 0 Å². The standard InChI is InChI=1S/C11H9F3O/c1-2-7(6-15)3-8-4-10(13)11(14)5-9(8)12/h3-6H,2H2,1H3/b7-3-. The van der Waals surface area contributed by atoms with Gasteiger partial charge in [0.1, 0.15) is 12.1 Å². The molecule has 0 fully saturated rings. The van der Waals surface area contributed by atoms with Gasteiger partial charge in [-0.1, -0.05) is 6.92 Å². The predicted octanol–water partition coefficient (Wildman–Crippen LogP) is 3.10. The number of benzene rings is 1. The van der Waals surface area contributed by atoms with Gasteiger partial charge in [-0.25, -0.2) is 13.2 Å². The second-order valence-corrected chi connectivity index (χ2v) is 2.98. The Labute approximate surface area is 85.2 Å². The van der Waals surface area contributed by atoms with Crippen molar-refractivity contribution < 1.29 is 18.0 Å². The van der Waals surface area contributed by atoms with Crippen LogP contribution in [0.25, 0.3) is 6.08 Å². The molecule has 0 aliphatic carbocycles. The maximum atomic E-state index is 13.1. The summed E-state index contributed by atoms with van der Waals surface area (Å²) in [5.74, 6) is -3.26. The third-order valence-corrected chi connectivity index (χ3v) is 1.94. The van der Waals surface area contributed by atoms with Crippen molar-refractivity contribution in [3.8, 4) is 0 Å². The smallest absolute Gasteiger partial charge is 0.161 e. The maximum absolute atomic E-state index is 13.1. The van der Waals surface area contributed by atoms with Gasteiger partial charge in [-0.2, -0.15) is 0 Å². The highest BCUT2D eigenvalue weighted by Crippen LogP contribution is 2.16. The summed E-state index contributed by atoms with van der Waals surface area (Å²) >= 11 is 0. The van der Waals surface area contributed by atoms with Crippen LogP contribution in [0.3, 0.4) is 0 Å². The molecule has 0 saturated heterocycles. The van der Waals surface area contributed by atoms with Gasteiger partial charge in [0.2, 0.25) is 0 Å². The van der Waals surface area contributed by atoms with Crippen molar-refractivity contribution in [1.29, 1.82) is 0 Å². The monoisotopic (exact) mass is 214 g/mol. The second-order valence-electron chi connectivity index (χ2n) is 2.98. The van der Waals surface area contributed by atoms with Gasteiger partial charge in [0, 0.05) is 11.6 Å². The van der Waals surface area contributed by atoms with E-state index in [9.17, 15) is 18.0 Å². The Morgan fingerprint density at radius 2 is 1.80 bits per heavy atom. The summed E-state index contributed by atoms with van der Waals surface area (Å²) in [6, 6.07) is 1.18. The van der Waals surface area contributed by atoms with E-state index in [2.05, 4.69) is 0 Å². The quantitative estimate of drug-likeness (QED) is 0.429. The summed E-state index contributed by atoms with van der Waals surface area (Å²) in [7, 11) is 0. The normalized spacial score (nSPS) is 11.6. The molecule has 0 heterocycles. The minimum absolute atomic E-state index is 0.127. The Morgan fingerprint density at radius 1 is 1.20 bits per heavy atom. The zero-order valence-electron chi connectivity index (χ0n) is 8.06. The van der Waals surface area contributed by atoms with Crippen LogP contribution >= 0.6 is 0 Å². The molecular formula is C11H9F3O. The van der Waals surface area contributed by atoms with E-state index in [-0.39, 0.29) is 5.56 Å². The van der Waals surface area contributed by atoms with Crippen molar-refractivity contribution in [1.82, 2.24) is 0 Å². The fourth-order valence-corrected chi connectivity index (χ4v) is 1.07. The lowest BCUT2D eigenvalue weighted by atomic mass is 10.1. The molecule has 0 N–H and O–H groups in total. The summed E-state index contributed by atoms with van der Waals surface area (Å²) in [5, 5.41) is 0. The molecule has 0 atom stereocenters. The highest BCUT2D eigenvalue weighted by Gasteiger charge is 2.08. The van der Waals surface area contributed by atoms with Crippen LogP contribution in [0.4, 0.5) is 13.2 Å². The highest BCUT2D eigenvalue weighted by atomic mass is 19.2. The van der Waals surface area contributed by atoms with Crippen LogP contribution in [0.5, 0.6) is 0 Å². The molecule has 1 aromatic carbocycles. The van der Waals surface area contributed by atoms with Crippen LogP contribution in [0.1, 0.15) is 18.9 Å². The molecule has 15 heavy (non-hydrogen) atoms. The first-order chi connectivity index (χ1) is 7.08. The molecule has 0 unspecified atom stereocenters. The van der Waals surface area contributed by atoms with Gasteiger partial charge in [-0.05, 0) is 24.1 Å². The summed E-state index contributed by atoms with van der Waals surface area (Å²) < 4.78 is 38.4. The second kappa shape index (κ2) is 4.77. The third-order valence-electron chi connectivity index (χ3n) is 1.94. The Balaban J connectivity index is 3.20. The molecule has 0 aromatic heterocycles. The molecule has 0 amide bonds. The Morgan fingerprint density at radius 3 is 2.33 bits per heavy atom. The summed E-state index contributed by atoms with van der Waals surface area (Å²) in [4.78, 5) is 10.4. The molecule has 80 valence electrons. The molecule has 0 bridgehead atoms. The van der Waals surface area contributed by atoms with Crippen LogP contribution < -0.4 is 0 Å². The fraction of sp³-hybridized carbons (Fsp3) is 0.182. The van der Waals surface area contributed by atoms with Crippen molar-refractivity contribution in [2.45, 2.75) is 13.3 Å². The first-order valence-electron chi connectivity index (χ1n) is 4.38. The van der Waals surface area contributed by atoms with Gasteiger partial charge in [0.15, 0.2) is 11.6 Å². The molecule has 0 saturated carbocycles. The Bertz CT molecular complexity index is 411. The maximum Gasteiger partial charge on any atom is 0.161 e. The van der Waals surface area contributed by atoms with E-state index in [0.29, 0.717) is 24.3 Å². The minimum atomic E-state index is -1.24. The third kappa shape index (κ3) is 2.68. The lowest BCUT2D eigenvalue weighted by molar-refractivity contribution is -0.104. The Hall–Kier alpha value is -1.58. The fourth-order valence-electron chi connectivity index (χ4n) is 1.07. The lowest BCUT2D eigenvalue weighted by Crippen LogP contribution is -1.92. The highest BCUT2D eigenvalue weighted by molar-refractivity contribution is 5.81. The van der Waals surface area contributed by atoms with Crippen LogP contribution in [0.15, 0.2) is 17.7 Å².